The standard InChI is InChI=1S/C15H24BNO3/c1-10-8-11(9-17-12(10)13(2,3)18)16-19-14(4,5)15(6,7)20-16/h8-9,18H,1-7H3. The van der Waals surface area contributed by atoms with Crippen LogP contribution in [0.3, 0.4) is 0 Å². The van der Waals surface area contributed by atoms with E-state index in [1.807, 2.05) is 40.7 Å². The van der Waals surface area contributed by atoms with Crippen molar-refractivity contribution in [3.8, 4) is 0 Å². The van der Waals surface area contributed by atoms with Crippen molar-refractivity contribution in [2.24, 2.45) is 0 Å². The maximum absolute atomic E-state index is 10.1. The number of hydrogen-bond acceptors (Lipinski definition) is 4. The van der Waals surface area contributed by atoms with Gasteiger partial charge in [-0.05, 0) is 54.0 Å². The van der Waals surface area contributed by atoms with E-state index in [-0.39, 0.29) is 11.2 Å². The van der Waals surface area contributed by atoms with Crippen molar-refractivity contribution in [1.82, 2.24) is 4.98 Å². The van der Waals surface area contributed by atoms with E-state index >= 15 is 0 Å². The van der Waals surface area contributed by atoms with Gasteiger partial charge in [0.25, 0.3) is 0 Å². The van der Waals surface area contributed by atoms with Gasteiger partial charge in [0.05, 0.1) is 16.9 Å². The quantitative estimate of drug-likeness (QED) is 0.839. The molecule has 110 valence electrons. The summed E-state index contributed by atoms with van der Waals surface area (Å²) in [6, 6.07) is 1.97. The summed E-state index contributed by atoms with van der Waals surface area (Å²) in [6.45, 7) is 13.5. The van der Waals surface area contributed by atoms with E-state index in [2.05, 4.69) is 4.98 Å². The Morgan fingerprint density at radius 1 is 1.15 bits per heavy atom. The van der Waals surface area contributed by atoms with Gasteiger partial charge in [-0.25, -0.2) is 0 Å². The topological polar surface area (TPSA) is 51.6 Å². The molecule has 1 aromatic heterocycles. The Morgan fingerprint density at radius 2 is 1.65 bits per heavy atom. The second kappa shape index (κ2) is 4.55. The number of aliphatic hydroxyl groups is 1. The van der Waals surface area contributed by atoms with Crippen LogP contribution < -0.4 is 5.46 Å². The molecule has 4 nitrogen and oxygen atoms in total. The minimum atomic E-state index is -0.946. The molecule has 2 rings (SSSR count). The summed E-state index contributed by atoms with van der Waals surface area (Å²) in [6.07, 6.45) is 1.72. The Labute approximate surface area is 121 Å². The third-order valence-corrected chi connectivity index (χ3v) is 4.20. The van der Waals surface area contributed by atoms with Crippen molar-refractivity contribution >= 4 is 12.6 Å². The third kappa shape index (κ3) is 2.62. The molecule has 1 aromatic rings. The smallest absolute Gasteiger partial charge is 0.399 e. The molecule has 0 saturated carbocycles. The molecule has 0 amide bonds. The first-order valence-electron chi connectivity index (χ1n) is 6.99. The van der Waals surface area contributed by atoms with Crippen LogP contribution in [0.25, 0.3) is 0 Å². The number of aryl methyl sites for hydroxylation is 1. The molecule has 20 heavy (non-hydrogen) atoms. The first kappa shape index (κ1) is 15.5. The second-order valence-corrected chi connectivity index (χ2v) is 7.08. The lowest BCUT2D eigenvalue weighted by Crippen LogP contribution is -2.41. The van der Waals surface area contributed by atoms with E-state index < -0.39 is 12.7 Å². The molecular weight excluding hydrogens is 253 g/mol. The number of rotatable bonds is 2. The molecule has 0 radical (unpaired) electrons. The number of aromatic nitrogens is 1. The van der Waals surface area contributed by atoms with Gasteiger partial charge in [0, 0.05) is 11.7 Å². The summed E-state index contributed by atoms with van der Waals surface area (Å²) in [5, 5.41) is 10.1. The zero-order valence-electron chi connectivity index (χ0n) is 13.4. The lowest BCUT2D eigenvalue weighted by atomic mass is 9.79. The number of pyridine rings is 1. The van der Waals surface area contributed by atoms with Crippen molar-refractivity contribution in [3.63, 3.8) is 0 Å². The van der Waals surface area contributed by atoms with Gasteiger partial charge >= 0.3 is 7.12 Å². The van der Waals surface area contributed by atoms with Gasteiger partial charge in [0.2, 0.25) is 0 Å². The zero-order valence-corrected chi connectivity index (χ0v) is 13.4. The summed E-state index contributed by atoms with van der Waals surface area (Å²) >= 11 is 0. The fourth-order valence-electron chi connectivity index (χ4n) is 2.35. The van der Waals surface area contributed by atoms with Crippen molar-refractivity contribution in [2.75, 3.05) is 0 Å². The summed E-state index contributed by atoms with van der Waals surface area (Å²) in [5.74, 6) is 0. The fourth-order valence-corrected chi connectivity index (χ4v) is 2.35. The minimum Gasteiger partial charge on any atom is -0.399 e. The monoisotopic (exact) mass is 277 g/mol. The average Bonchev–Trinajstić information content (AvgIpc) is 2.46. The van der Waals surface area contributed by atoms with Crippen LogP contribution in [0.5, 0.6) is 0 Å². The van der Waals surface area contributed by atoms with E-state index in [1.54, 1.807) is 20.0 Å². The van der Waals surface area contributed by atoms with Gasteiger partial charge in [0.15, 0.2) is 0 Å². The first-order valence-corrected chi connectivity index (χ1v) is 6.99. The van der Waals surface area contributed by atoms with E-state index in [0.29, 0.717) is 5.69 Å². The van der Waals surface area contributed by atoms with Crippen LogP contribution in [-0.2, 0) is 14.9 Å². The summed E-state index contributed by atoms with van der Waals surface area (Å²) < 4.78 is 12.0. The van der Waals surface area contributed by atoms with Crippen molar-refractivity contribution < 1.29 is 14.4 Å². The molecule has 1 N–H and O–H groups in total. The maximum Gasteiger partial charge on any atom is 0.496 e. The molecule has 1 aliphatic heterocycles. The molecule has 0 unspecified atom stereocenters. The molecule has 1 aliphatic rings. The molecule has 5 heteroatoms. The Hall–Kier alpha value is -0.905. The molecular formula is C15H24BNO3. The molecule has 2 heterocycles. The second-order valence-electron chi connectivity index (χ2n) is 7.08. The summed E-state index contributed by atoms with van der Waals surface area (Å²) in [7, 11) is -0.415. The van der Waals surface area contributed by atoms with Gasteiger partial charge in [-0.2, -0.15) is 0 Å². The molecule has 0 atom stereocenters. The Morgan fingerprint density at radius 3 is 2.05 bits per heavy atom. The van der Waals surface area contributed by atoms with Crippen LogP contribution in [0.15, 0.2) is 12.3 Å². The van der Waals surface area contributed by atoms with Crippen LogP contribution in [0, 0.1) is 6.92 Å². The van der Waals surface area contributed by atoms with Crippen LogP contribution in [-0.4, -0.2) is 28.4 Å². The van der Waals surface area contributed by atoms with Gasteiger partial charge in [-0.3, -0.25) is 4.98 Å². The zero-order chi connectivity index (χ0) is 15.3. The van der Waals surface area contributed by atoms with Gasteiger partial charge in [0.1, 0.15) is 5.60 Å². The molecule has 0 aliphatic carbocycles. The van der Waals surface area contributed by atoms with Gasteiger partial charge < -0.3 is 14.4 Å². The molecule has 0 spiro atoms. The largest absolute Gasteiger partial charge is 0.496 e. The number of nitrogens with zero attached hydrogens (tertiary/aromatic N) is 1. The summed E-state index contributed by atoms with van der Waals surface area (Å²) in [4.78, 5) is 4.38. The molecule has 1 saturated heterocycles. The Kier molecular flexibility index (Phi) is 3.52. The van der Waals surface area contributed by atoms with Crippen molar-refractivity contribution in [3.05, 3.63) is 23.5 Å². The van der Waals surface area contributed by atoms with E-state index in [4.69, 9.17) is 9.31 Å². The lowest BCUT2D eigenvalue weighted by Gasteiger charge is -2.32. The Balaban J connectivity index is 2.31. The van der Waals surface area contributed by atoms with Crippen molar-refractivity contribution in [1.29, 1.82) is 0 Å². The third-order valence-electron chi connectivity index (χ3n) is 4.20. The van der Waals surface area contributed by atoms with Crippen LogP contribution in [0.1, 0.15) is 52.8 Å². The van der Waals surface area contributed by atoms with Gasteiger partial charge in [-0.1, -0.05) is 6.07 Å². The number of hydrogen-bond donors (Lipinski definition) is 1. The van der Waals surface area contributed by atoms with E-state index in [1.165, 1.54) is 0 Å². The predicted octanol–water partition coefficient (Wildman–Crippen LogP) is 1.92. The van der Waals surface area contributed by atoms with Crippen LogP contribution in [0.2, 0.25) is 0 Å². The maximum atomic E-state index is 10.1. The molecule has 1 fully saturated rings. The van der Waals surface area contributed by atoms with Crippen LogP contribution >= 0.6 is 0 Å². The lowest BCUT2D eigenvalue weighted by molar-refractivity contribution is 0.00578. The average molecular weight is 277 g/mol. The summed E-state index contributed by atoms with van der Waals surface area (Å²) in [5.41, 5.74) is 0.830. The highest BCUT2D eigenvalue weighted by Gasteiger charge is 2.51. The highest BCUT2D eigenvalue weighted by atomic mass is 16.7. The first-order chi connectivity index (χ1) is 8.94. The highest BCUT2D eigenvalue weighted by molar-refractivity contribution is 6.62. The Bertz CT molecular complexity index is 504. The van der Waals surface area contributed by atoms with E-state index in [9.17, 15) is 5.11 Å². The minimum absolute atomic E-state index is 0.361. The van der Waals surface area contributed by atoms with Crippen molar-refractivity contribution in [2.45, 2.75) is 65.3 Å². The van der Waals surface area contributed by atoms with E-state index in [0.717, 1.165) is 11.0 Å². The highest BCUT2D eigenvalue weighted by Crippen LogP contribution is 2.36. The fraction of sp³-hybridized carbons (Fsp3) is 0.667. The van der Waals surface area contributed by atoms with Gasteiger partial charge in [-0.15, -0.1) is 0 Å². The van der Waals surface area contributed by atoms with Crippen LogP contribution in [0.4, 0.5) is 0 Å². The SMILES string of the molecule is Cc1cc(B2OC(C)(C)C(C)(C)O2)cnc1C(C)(C)O. The molecule has 0 aromatic carbocycles. The predicted molar refractivity (Wildman–Crippen MR) is 79.9 cm³/mol. The molecule has 0 bridgehead atoms. The normalized spacial score (nSPS) is 21.3.